The summed E-state index contributed by atoms with van der Waals surface area (Å²) < 4.78 is 0. The molecule has 0 radical (unpaired) electrons. The highest BCUT2D eigenvalue weighted by Crippen LogP contribution is 2.17. The number of rotatable bonds is 7. The van der Waals surface area contributed by atoms with Gasteiger partial charge in [-0.15, -0.1) is 24.0 Å². The lowest BCUT2D eigenvalue weighted by Gasteiger charge is -2.16. The second kappa shape index (κ2) is 12.1. The molecular weight excluding hydrogens is 485 g/mol. The lowest BCUT2D eigenvalue weighted by atomic mass is 10.1. The van der Waals surface area contributed by atoms with Gasteiger partial charge in [0.1, 0.15) is 5.82 Å². The van der Waals surface area contributed by atoms with Crippen LogP contribution in [0.3, 0.4) is 0 Å². The number of hydrogen-bond acceptors (Lipinski definition) is 3. The number of halogens is 2. The molecule has 0 aliphatic carbocycles. The van der Waals surface area contributed by atoms with Gasteiger partial charge in [-0.1, -0.05) is 29.8 Å². The number of pyridine rings is 1. The van der Waals surface area contributed by atoms with Gasteiger partial charge in [-0.3, -0.25) is 0 Å². The summed E-state index contributed by atoms with van der Waals surface area (Å²) in [7, 11) is 0. The number of nitrogens with zero attached hydrogens (tertiary/aromatic N) is 3. The predicted octanol–water partition coefficient (Wildman–Crippen LogP) is 4.25. The average molecular weight is 514 g/mol. The van der Waals surface area contributed by atoms with Gasteiger partial charge in [-0.05, 0) is 55.5 Å². The average Bonchev–Trinajstić information content (AvgIpc) is 3.21. The Hall–Kier alpha value is -1.54. The van der Waals surface area contributed by atoms with Crippen molar-refractivity contribution in [3.05, 3.63) is 58.7 Å². The van der Waals surface area contributed by atoms with Gasteiger partial charge >= 0.3 is 0 Å². The van der Waals surface area contributed by atoms with E-state index < -0.39 is 0 Å². The molecule has 0 bridgehead atoms. The Labute approximate surface area is 190 Å². The number of nitrogens with one attached hydrogen (secondary N) is 2. The van der Waals surface area contributed by atoms with Crippen molar-refractivity contribution in [1.82, 2.24) is 15.6 Å². The Morgan fingerprint density at radius 2 is 1.96 bits per heavy atom. The van der Waals surface area contributed by atoms with Gasteiger partial charge in [0.05, 0.1) is 6.54 Å². The standard InChI is InChI=1S/C21H28ClN5.HI/c1-2-23-21(24-11-10-17-6-5-7-19(22)14-17)26-16-18-8-9-20(25-15-18)27-12-3-4-13-27;/h5-9,14-15H,2-4,10-13,16H2,1H3,(H2,23,24,26);1H. The molecule has 1 aliphatic rings. The molecule has 1 fully saturated rings. The third kappa shape index (κ3) is 7.13. The summed E-state index contributed by atoms with van der Waals surface area (Å²) in [6, 6.07) is 12.2. The molecule has 0 atom stereocenters. The van der Waals surface area contributed by atoms with Crippen LogP contribution in [0.5, 0.6) is 0 Å². The Morgan fingerprint density at radius 3 is 2.64 bits per heavy atom. The van der Waals surface area contributed by atoms with Crippen LogP contribution in [0.2, 0.25) is 5.02 Å². The van der Waals surface area contributed by atoms with Gasteiger partial charge in [-0.25, -0.2) is 9.98 Å². The molecule has 3 rings (SSSR count). The summed E-state index contributed by atoms with van der Waals surface area (Å²) >= 11 is 6.04. The van der Waals surface area contributed by atoms with Gasteiger partial charge in [0.25, 0.3) is 0 Å². The quantitative estimate of drug-likeness (QED) is 0.330. The third-order valence-electron chi connectivity index (χ3n) is 4.60. The third-order valence-corrected chi connectivity index (χ3v) is 4.83. The molecule has 2 heterocycles. The van der Waals surface area contributed by atoms with E-state index in [0.717, 1.165) is 55.0 Å². The van der Waals surface area contributed by atoms with Crippen LogP contribution in [0, 0.1) is 0 Å². The maximum atomic E-state index is 6.04. The number of aliphatic imine (C=N–C) groups is 1. The highest BCUT2D eigenvalue weighted by Gasteiger charge is 2.12. The van der Waals surface area contributed by atoms with Crippen molar-refractivity contribution in [3.63, 3.8) is 0 Å². The van der Waals surface area contributed by atoms with E-state index >= 15 is 0 Å². The molecule has 1 aliphatic heterocycles. The van der Waals surface area contributed by atoms with E-state index in [-0.39, 0.29) is 24.0 Å². The van der Waals surface area contributed by atoms with Crippen LogP contribution < -0.4 is 15.5 Å². The van der Waals surface area contributed by atoms with Crippen LogP contribution in [-0.4, -0.2) is 37.1 Å². The van der Waals surface area contributed by atoms with E-state index in [1.807, 2.05) is 24.4 Å². The van der Waals surface area contributed by atoms with Crippen molar-refractivity contribution in [2.75, 3.05) is 31.1 Å². The zero-order chi connectivity index (χ0) is 18.9. The molecule has 0 spiro atoms. The first kappa shape index (κ1) is 22.7. The molecule has 1 saturated heterocycles. The molecule has 28 heavy (non-hydrogen) atoms. The second-order valence-electron chi connectivity index (χ2n) is 6.72. The largest absolute Gasteiger partial charge is 0.357 e. The Kier molecular flexibility index (Phi) is 9.84. The fourth-order valence-electron chi connectivity index (χ4n) is 3.17. The molecule has 0 unspecified atom stereocenters. The minimum atomic E-state index is 0. The van der Waals surface area contributed by atoms with Crippen molar-refractivity contribution < 1.29 is 0 Å². The summed E-state index contributed by atoms with van der Waals surface area (Å²) in [5.41, 5.74) is 2.33. The highest BCUT2D eigenvalue weighted by atomic mass is 127. The number of hydrogen-bond donors (Lipinski definition) is 2. The molecule has 1 aromatic carbocycles. The molecule has 152 valence electrons. The molecule has 2 aromatic rings. The number of guanidine groups is 1. The summed E-state index contributed by atoms with van der Waals surface area (Å²) in [6.07, 6.45) is 5.37. The summed E-state index contributed by atoms with van der Waals surface area (Å²) in [6.45, 7) is 6.55. The Bertz CT molecular complexity index is 745. The SMILES string of the molecule is CCNC(=NCc1ccc(N2CCCC2)nc1)NCCc1cccc(Cl)c1.I. The summed E-state index contributed by atoms with van der Waals surface area (Å²) in [4.78, 5) is 11.6. The molecule has 1 aromatic heterocycles. The smallest absolute Gasteiger partial charge is 0.191 e. The molecule has 0 saturated carbocycles. The summed E-state index contributed by atoms with van der Waals surface area (Å²) in [5, 5.41) is 7.45. The molecular formula is C21H29ClIN5. The van der Waals surface area contributed by atoms with E-state index in [9.17, 15) is 0 Å². The van der Waals surface area contributed by atoms with Gasteiger partial charge < -0.3 is 15.5 Å². The maximum absolute atomic E-state index is 6.04. The Morgan fingerprint density at radius 1 is 1.14 bits per heavy atom. The lowest BCUT2D eigenvalue weighted by Crippen LogP contribution is -2.38. The van der Waals surface area contributed by atoms with Gasteiger partial charge in [-0.2, -0.15) is 0 Å². The minimum Gasteiger partial charge on any atom is -0.357 e. The zero-order valence-corrected chi connectivity index (χ0v) is 19.4. The summed E-state index contributed by atoms with van der Waals surface area (Å²) in [5.74, 6) is 1.90. The van der Waals surface area contributed by atoms with Crippen LogP contribution in [0.15, 0.2) is 47.6 Å². The van der Waals surface area contributed by atoms with E-state index in [1.54, 1.807) is 0 Å². The van der Waals surface area contributed by atoms with Crippen LogP contribution >= 0.6 is 35.6 Å². The monoisotopic (exact) mass is 513 g/mol. The molecule has 7 heteroatoms. The normalized spacial score (nSPS) is 13.9. The number of anilines is 1. The van der Waals surface area contributed by atoms with E-state index in [0.29, 0.717) is 6.54 Å². The van der Waals surface area contributed by atoms with Crippen molar-refractivity contribution in [2.24, 2.45) is 4.99 Å². The van der Waals surface area contributed by atoms with Gasteiger partial charge in [0.15, 0.2) is 5.96 Å². The Balaban J connectivity index is 0.00000280. The van der Waals surface area contributed by atoms with Gasteiger partial charge in [0, 0.05) is 37.4 Å². The highest BCUT2D eigenvalue weighted by molar-refractivity contribution is 14.0. The van der Waals surface area contributed by atoms with Crippen molar-refractivity contribution in [1.29, 1.82) is 0 Å². The van der Waals surface area contributed by atoms with Crippen molar-refractivity contribution >= 4 is 47.4 Å². The first-order chi connectivity index (χ1) is 13.2. The first-order valence-corrected chi connectivity index (χ1v) is 10.1. The van der Waals surface area contributed by atoms with E-state index in [4.69, 9.17) is 11.6 Å². The van der Waals surface area contributed by atoms with Crippen molar-refractivity contribution in [3.8, 4) is 0 Å². The maximum Gasteiger partial charge on any atom is 0.191 e. The van der Waals surface area contributed by atoms with Crippen LogP contribution in [0.1, 0.15) is 30.9 Å². The fourth-order valence-corrected chi connectivity index (χ4v) is 3.39. The molecule has 0 amide bonds. The lowest BCUT2D eigenvalue weighted by molar-refractivity contribution is 0.799. The van der Waals surface area contributed by atoms with Crippen LogP contribution in [-0.2, 0) is 13.0 Å². The number of aromatic nitrogens is 1. The van der Waals surface area contributed by atoms with E-state index in [2.05, 4.69) is 50.6 Å². The molecule has 2 N–H and O–H groups in total. The number of benzene rings is 1. The first-order valence-electron chi connectivity index (χ1n) is 9.71. The predicted molar refractivity (Wildman–Crippen MR) is 129 cm³/mol. The van der Waals surface area contributed by atoms with Crippen molar-refractivity contribution in [2.45, 2.75) is 32.7 Å². The van der Waals surface area contributed by atoms with E-state index in [1.165, 1.54) is 18.4 Å². The second-order valence-corrected chi connectivity index (χ2v) is 7.16. The topological polar surface area (TPSA) is 52.6 Å². The van der Waals surface area contributed by atoms with Gasteiger partial charge in [0.2, 0.25) is 0 Å². The van der Waals surface area contributed by atoms with Crippen LogP contribution in [0.4, 0.5) is 5.82 Å². The minimum absolute atomic E-state index is 0. The van der Waals surface area contributed by atoms with Crippen LogP contribution in [0.25, 0.3) is 0 Å². The fraction of sp³-hybridized carbons (Fsp3) is 0.429. The molecule has 5 nitrogen and oxygen atoms in total. The zero-order valence-electron chi connectivity index (χ0n) is 16.3.